The van der Waals surface area contributed by atoms with Gasteiger partial charge in [-0.1, -0.05) is 25.5 Å². The van der Waals surface area contributed by atoms with Gasteiger partial charge in [-0.25, -0.2) is 9.18 Å². The lowest BCUT2D eigenvalue weighted by Crippen LogP contribution is -2.40. The molecular formula is C26H30BrFN2O6. The van der Waals surface area contributed by atoms with Crippen LogP contribution < -0.4 is 10.3 Å². The molecule has 0 bridgehead atoms. The van der Waals surface area contributed by atoms with E-state index in [-0.39, 0.29) is 42.4 Å². The van der Waals surface area contributed by atoms with E-state index in [1.807, 2.05) is 6.92 Å². The average Bonchev–Trinajstić information content (AvgIpc) is 2.84. The number of unbranched alkanes of at least 4 members (excludes halogenated alkanes) is 1. The molecule has 36 heavy (non-hydrogen) atoms. The largest absolute Gasteiger partial charge is 0.490 e. The number of benzene rings is 1. The fourth-order valence-corrected chi connectivity index (χ4v) is 4.35. The van der Waals surface area contributed by atoms with E-state index in [4.69, 9.17) is 9.47 Å². The van der Waals surface area contributed by atoms with Crippen LogP contribution in [-0.4, -0.2) is 51.2 Å². The molecule has 0 radical (unpaired) electrons. The van der Waals surface area contributed by atoms with Gasteiger partial charge in [-0.15, -0.1) is 0 Å². The Morgan fingerprint density at radius 3 is 2.56 bits per heavy atom. The lowest BCUT2D eigenvalue weighted by atomic mass is 10.0. The van der Waals surface area contributed by atoms with Gasteiger partial charge in [0.25, 0.3) is 5.56 Å². The molecule has 8 nitrogen and oxygen atoms in total. The van der Waals surface area contributed by atoms with Gasteiger partial charge in [0, 0.05) is 17.1 Å². The second-order valence-corrected chi connectivity index (χ2v) is 9.56. The first-order valence-electron chi connectivity index (χ1n) is 11.7. The van der Waals surface area contributed by atoms with Crippen molar-refractivity contribution in [1.29, 1.82) is 0 Å². The molecule has 2 aromatic heterocycles. The van der Waals surface area contributed by atoms with E-state index in [1.54, 1.807) is 25.3 Å². The number of aliphatic hydroxyl groups excluding tert-OH is 1. The number of halogens is 2. The second kappa shape index (κ2) is 11.9. The lowest BCUT2D eigenvalue weighted by Gasteiger charge is -2.25. The Balaban J connectivity index is 2.33. The zero-order valence-electron chi connectivity index (χ0n) is 20.5. The standard InChI is InChI=1S/C26H30BrFN2O6/c1-4-6-11-36-23-19(25(33)35-5-2)24(32)30(14-26(3,34)15-31)22-20(27)17(13-29-21(22)23)12-16-7-9-18(28)10-8-16/h7-10,13,31,34H,4-6,11-12,14-15H2,1-3H3/t26-/m1/s1. The van der Waals surface area contributed by atoms with Crippen LogP contribution >= 0.6 is 15.9 Å². The summed E-state index contributed by atoms with van der Waals surface area (Å²) < 4.78 is 26.1. The first-order valence-corrected chi connectivity index (χ1v) is 12.5. The molecule has 3 aromatic rings. The lowest BCUT2D eigenvalue weighted by molar-refractivity contribution is -0.0119. The summed E-state index contributed by atoms with van der Waals surface area (Å²) in [6.07, 6.45) is 3.49. The van der Waals surface area contributed by atoms with E-state index in [1.165, 1.54) is 23.6 Å². The molecule has 194 valence electrons. The molecule has 0 aliphatic carbocycles. The SMILES string of the molecule is CCCCOc1c(C(=O)OCC)c(=O)n(C[C@@](C)(O)CO)c2c(Br)c(Cc3ccc(F)cc3)cnc12. The van der Waals surface area contributed by atoms with Crippen molar-refractivity contribution >= 4 is 32.9 Å². The van der Waals surface area contributed by atoms with Crippen molar-refractivity contribution in [2.75, 3.05) is 19.8 Å². The molecule has 0 spiro atoms. The van der Waals surface area contributed by atoms with Crippen LogP contribution in [0.1, 0.15) is 55.1 Å². The number of rotatable bonds is 11. The van der Waals surface area contributed by atoms with Crippen molar-refractivity contribution < 1.29 is 28.9 Å². The molecule has 0 aliphatic rings. The molecule has 3 rings (SSSR count). The zero-order valence-corrected chi connectivity index (χ0v) is 22.1. The van der Waals surface area contributed by atoms with Crippen LogP contribution in [-0.2, 0) is 17.7 Å². The number of esters is 1. The third kappa shape index (κ3) is 6.11. The third-order valence-electron chi connectivity index (χ3n) is 5.61. The maximum atomic E-state index is 13.7. The minimum absolute atomic E-state index is 0.0100. The van der Waals surface area contributed by atoms with E-state index in [0.29, 0.717) is 28.4 Å². The zero-order chi connectivity index (χ0) is 26.5. The fraction of sp³-hybridized carbons (Fsp3) is 0.423. The van der Waals surface area contributed by atoms with Gasteiger partial charge in [0.05, 0.1) is 31.9 Å². The molecule has 0 saturated carbocycles. The predicted molar refractivity (Wildman–Crippen MR) is 137 cm³/mol. The average molecular weight is 565 g/mol. The van der Waals surface area contributed by atoms with Crippen LogP contribution in [0.5, 0.6) is 5.75 Å². The minimum Gasteiger partial charge on any atom is -0.490 e. The van der Waals surface area contributed by atoms with E-state index < -0.39 is 23.7 Å². The Hall–Kier alpha value is -2.82. The molecule has 0 saturated heterocycles. The number of nitrogens with zero attached hydrogens (tertiary/aromatic N) is 2. The van der Waals surface area contributed by atoms with Crippen molar-refractivity contribution in [1.82, 2.24) is 9.55 Å². The Morgan fingerprint density at radius 1 is 1.25 bits per heavy atom. The Labute approximate surface area is 216 Å². The van der Waals surface area contributed by atoms with Crippen molar-refractivity contribution in [2.45, 2.75) is 52.2 Å². The number of carbonyl (C=O) groups is 1. The molecule has 1 atom stereocenters. The third-order valence-corrected chi connectivity index (χ3v) is 6.49. The molecule has 1 aromatic carbocycles. The van der Waals surface area contributed by atoms with Gasteiger partial charge >= 0.3 is 5.97 Å². The molecular weight excluding hydrogens is 535 g/mol. The number of hydrogen-bond donors (Lipinski definition) is 2. The fourth-order valence-electron chi connectivity index (χ4n) is 3.71. The summed E-state index contributed by atoms with van der Waals surface area (Å²) >= 11 is 3.59. The summed E-state index contributed by atoms with van der Waals surface area (Å²) in [4.78, 5) is 31.1. The topological polar surface area (TPSA) is 111 Å². The number of ether oxygens (including phenoxy) is 2. The number of hydrogen-bond acceptors (Lipinski definition) is 7. The number of carbonyl (C=O) groups excluding carboxylic acids is 1. The molecule has 2 heterocycles. The number of pyridine rings is 2. The van der Waals surface area contributed by atoms with Crippen LogP contribution in [0.15, 0.2) is 39.7 Å². The van der Waals surface area contributed by atoms with Crippen LogP contribution in [0.4, 0.5) is 4.39 Å². The predicted octanol–water partition coefficient (Wildman–Crippen LogP) is 3.99. The molecule has 0 amide bonds. The number of fused-ring (bicyclic) bond motifs is 1. The Morgan fingerprint density at radius 2 is 1.94 bits per heavy atom. The van der Waals surface area contributed by atoms with Crippen LogP contribution in [0.2, 0.25) is 0 Å². The Bertz CT molecular complexity index is 1290. The van der Waals surface area contributed by atoms with Crippen molar-refractivity contribution in [3.05, 3.63) is 67.8 Å². The van der Waals surface area contributed by atoms with E-state index in [9.17, 15) is 24.2 Å². The highest BCUT2D eigenvalue weighted by Crippen LogP contribution is 2.34. The van der Waals surface area contributed by atoms with Gasteiger partial charge in [-0.3, -0.25) is 9.78 Å². The van der Waals surface area contributed by atoms with Crippen molar-refractivity contribution in [2.24, 2.45) is 0 Å². The molecule has 0 unspecified atom stereocenters. The van der Waals surface area contributed by atoms with Gasteiger partial charge in [0.2, 0.25) is 0 Å². The van der Waals surface area contributed by atoms with Gasteiger partial charge in [-0.05, 0) is 59.5 Å². The summed E-state index contributed by atoms with van der Waals surface area (Å²) in [5.74, 6) is -1.20. The summed E-state index contributed by atoms with van der Waals surface area (Å²) in [5.41, 5.74) is -0.682. The normalized spacial score (nSPS) is 13.0. The van der Waals surface area contributed by atoms with Gasteiger partial charge < -0.3 is 24.3 Å². The highest BCUT2D eigenvalue weighted by Gasteiger charge is 2.30. The molecule has 0 fully saturated rings. The maximum Gasteiger partial charge on any atom is 0.347 e. The summed E-state index contributed by atoms with van der Waals surface area (Å²) in [5, 5.41) is 20.3. The maximum absolute atomic E-state index is 13.7. The minimum atomic E-state index is -1.67. The van der Waals surface area contributed by atoms with E-state index in [0.717, 1.165) is 12.0 Å². The number of aliphatic hydroxyl groups is 2. The van der Waals surface area contributed by atoms with E-state index >= 15 is 0 Å². The molecule has 10 heteroatoms. The van der Waals surface area contributed by atoms with Gasteiger partial charge in [-0.2, -0.15) is 0 Å². The molecule has 2 N–H and O–H groups in total. The van der Waals surface area contributed by atoms with Gasteiger partial charge in [0.1, 0.15) is 16.9 Å². The van der Waals surface area contributed by atoms with Crippen molar-refractivity contribution in [3.8, 4) is 5.75 Å². The molecule has 0 aliphatic heterocycles. The number of aromatic nitrogens is 2. The summed E-state index contributed by atoms with van der Waals surface area (Å²) in [6, 6.07) is 6.02. The van der Waals surface area contributed by atoms with Crippen LogP contribution in [0.25, 0.3) is 11.0 Å². The smallest absolute Gasteiger partial charge is 0.347 e. The van der Waals surface area contributed by atoms with Gasteiger partial charge in [0.15, 0.2) is 11.3 Å². The highest BCUT2D eigenvalue weighted by atomic mass is 79.9. The second-order valence-electron chi connectivity index (χ2n) is 8.77. The first kappa shape index (κ1) is 27.8. The Kier molecular flexibility index (Phi) is 9.21. The summed E-state index contributed by atoms with van der Waals surface area (Å²) in [6.45, 7) is 4.36. The van der Waals surface area contributed by atoms with E-state index in [2.05, 4.69) is 20.9 Å². The quantitative estimate of drug-likeness (QED) is 0.267. The first-order chi connectivity index (χ1) is 17.1. The van der Waals surface area contributed by atoms with Crippen molar-refractivity contribution in [3.63, 3.8) is 0 Å². The highest BCUT2D eigenvalue weighted by molar-refractivity contribution is 9.10. The van der Waals surface area contributed by atoms with Crippen LogP contribution in [0, 0.1) is 5.82 Å². The summed E-state index contributed by atoms with van der Waals surface area (Å²) in [7, 11) is 0. The monoisotopic (exact) mass is 564 g/mol. The van der Waals surface area contributed by atoms with Crippen LogP contribution in [0.3, 0.4) is 0 Å².